The molecule has 0 fully saturated rings. The van der Waals surface area contributed by atoms with Crippen LogP contribution in [0.15, 0.2) is 36.4 Å². The van der Waals surface area contributed by atoms with Crippen LogP contribution in [0.1, 0.15) is 28.9 Å². The third-order valence-electron chi connectivity index (χ3n) is 3.06. The van der Waals surface area contributed by atoms with Crippen molar-refractivity contribution in [1.82, 2.24) is 5.32 Å². The Morgan fingerprint density at radius 2 is 1.81 bits per heavy atom. The fourth-order valence-electron chi connectivity index (χ4n) is 1.90. The zero-order valence-corrected chi connectivity index (χ0v) is 11.9. The quantitative estimate of drug-likeness (QED) is 0.849. The summed E-state index contributed by atoms with van der Waals surface area (Å²) in [6.45, 7) is 1.73. The number of nitrogen functional groups attached to an aromatic ring is 1. The average Bonchev–Trinajstić information content (AvgIpc) is 2.44. The summed E-state index contributed by atoms with van der Waals surface area (Å²) in [6.07, 6.45) is 0. The van der Waals surface area contributed by atoms with Crippen molar-refractivity contribution < 1.29 is 13.6 Å². The van der Waals surface area contributed by atoms with E-state index >= 15 is 0 Å². The number of hydrogen-bond acceptors (Lipinski definition) is 2. The molecule has 0 bridgehead atoms. The van der Waals surface area contributed by atoms with Gasteiger partial charge in [-0.3, -0.25) is 4.79 Å². The van der Waals surface area contributed by atoms with Crippen LogP contribution in [0.25, 0.3) is 0 Å². The van der Waals surface area contributed by atoms with E-state index < -0.39 is 29.3 Å². The molecule has 1 amide bonds. The van der Waals surface area contributed by atoms with E-state index in [9.17, 15) is 13.6 Å². The highest BCUT2D eigenvalue weighted by Crippen LogP contribution is 2.23. The van der Waals surface area contributed by atoms with Crippen molar-refractivity contribution in [3.63, 3.8) is 0 Å². The molecule has 21 heavy (non-hydrogen) atoms. The van der Waals surface area contributed by atoms with Gasteiger partial charge >= 0.3 is 0 Å². The molecule has 0 saturated heterocycles. The van der Waals surface area contributed by atoms with Crippen molar-refractivity contribution in [1.29, 1.82) is 0 Å². The minimum absolute atomic E-state index is 0.141. The topological polar surface area (TPSA) is 55.1 Å². The Morgan fingerprint density at radius 1 is 1.24 bits per heavy atom. The minimum atomic E-state index is -0.967. The maximum atomic E-state index is 13.4. The van der Waals surface area contributed by atoms with Crippen molar-refractivity contribution >= 4 is 23.2 Å². The minimum Gasteiger partial charge on any atom is -0.394 e. The van der Waals surface area contributed by atoms with E-state index in [0.717, 1.165) is 12.1 Å². The number of halogens is 3. The molecule has 0 saturated carbocycles. The lowest BCUT2D eigenvalue weighted by molar-refractivity contribution is 0.0939. The van der Waals surface area contributed by atoms with E-state index in [1.807, 2.05) is 0 Å². The normalized spacial score (nSPS) is 12.0. The highest BCUT2D eigenvalue weighted by atomic mass is 35.5. The molecule has 6 heteroatoms. The van der Waals surface area contributed by atoms with Crippen LogP contribution < -0.4 is 11.1 Å². The van der Waals surface area contributed by atoms with Crippen LogP contribution in [0, 0.1) is 11.6 Å². The molecule has 2 aromatic carbocycles. The highest BCUT2D eigenvalue weighted by Gasteiger charge is 2.16. The number of rotatable bonds is 3. The lowest BCUT2D eigenvalue weighted by Gasteiger charge is -2.16. The second kappa shape index (κ2) is 6.10. The second-order valence-corrected chi connectivity index (χ2v) is 4.98. The molecule has 0 aromatic heterocycles. The van der Waals surface area contributed by atoms with Crippen LogP contribution in [-0.2, 0) is 0 Å². The molecule has 0 spiro atoms. The Labute approximate surface area is 125 Å². The number of amides is 1. The van der Waals surface area contributed by atoms with Crippen molar-refractivity contribution in [2.24, 2.45) is 0 Å². The molecule has 0 aliphatic carbocycles. The number of nitrogens with one attached hydrogen (secondary N) is 1. The van der Waals surface area contributed by atoms with Gasteiger partial charge in [-0.1, -0.05) is 29.8 Å². The molecule has 0 radical (unpaired) electrons. The number of hydrogen-bond donors (Lipinski definition) is 2. The third kappa shape index (κ3) is 3.31. The van der Waals surface area contributed by atoms with Gasteiger partial charge in [0.05, 0.1) is 6.04 Å². The lowest BCUT2D eigenvalue weighted by atomic mass is 10.1. The Hall–Kier alpha value is -2.14. The largest absolute Gasteiger partial charge is 0.394 e. The van der Waals surface area contributed by atoms with E-state index in [2.05, 4.69) is 5.32 Å². The van der Waals surface area contributed by atoms with E-state index in [1.54, 1.807) is 31.2 Å². The van der Waals surface area contributed by atoms with Gasteiger partial charge in [0.15, 0.2) is 0 Å². The summed E-state index contributed by atoms with van der Waals surface area (Å²) in [5.74, 6) is -2.55. The predicted octanol–water partition coefficient (Wildman–Crippen LogP) is 3.69. The van der Waals surface area contributed by atoms with E-state index in [-0.39, 0.29) is 5.56 Å². The summed E-state index contributed by atoms with van der Waals surface area (Å²) >= 11 is 6.03. The van der Waals surface area contributed by atoms with Crippen LogP contribution in [-0.4, -0.2) is 5.91 Å². The second-order valence-electron chi connectivity index (χ2n) is 4.57. The van der Waals surface area contributed by atoms with Crippen LogP contribution in [0.3, 0.4) is 0 Å². The Morgan fingerprint density at radius 3 is 2.38 bits per heavy atom. The molecule has 0 aliphatic rings. The fraction of sp³-hybridized carbons (Fsp3) is 0.133. The maximum absolute atomic E-state index is 13.4. The lowest BCUT2D eigenvalue weighted by Crippen LogP contribution is -2.27. The Balaban J connectivity index is 2.20. The van der Waals surface area contributed by atoms with Gasteiger partial charge in [-0.15, -0.1) is 0 Å². The monoisotopic (exact) mass is 310 g/mol. The van der Waals surface area contributed by atoms with Crippen molar-refractivity contribution in [2.75, 3.05) is 5.73 Å². The SMILES string of the molecule is CC(NC(=O)c1cc(F)c(N)c(F)c1)c1ccccc1Cl. The molecule has 3 nitrogen and oxygen atoms in total. The van der Waals surface area contributed by atoms with E-state index in [0.29, 0.717) is 10.6 Å². The van der Waals surface area contributed by atoms with Gasteiger partial charge in [0.2, 0.25) is 0 Å². The standard InChI is InChI=1S/C15H13ClF2N2O/c1-8(10-4-2-3-5-11(10)16)20-15(21)9-6-12(17)14(19)13(18)7-9/h2-8H,19H2,1H3,(H,20,21). The first-order valence-electron chi connectivity index (χ1n) is 6.20. The molecular formula is C15H13ClF2N2O. The van der Waals surface area contributed by atoms with Crippen LogP contribution >= 0.6 is 11.6 Å². The van der Waals surface area contributed by atoms with Gasteiger partial charge in [-0.25, -0.2) is 8.78 Å². The van der Waals surface area contributed by atoms with Gasteiger partial charge in [-0.05, 0) is 30.7 Å². The molecule has 1 atom stereocenters. The molecule has 110 valence electrons. The fourth-order valence-corrected chi connectivity index (χ4v) is 2.20. The van der Waals surface area contributed by atoms with Gasteiger partial charge < -0.3 is 11.1 Å². The average molecular weight is 311 g/mol. The summed E-state index contributed by atoms with van der Waals surface area (Å²) < 4.78 is 26.7. The number of carbonyl (C=O) groups is 1. The van der Waals surface area contributed by atoms with Crippen LogP contribution in [0.2, 0.25) is 5.02 Å². The molecule has 1 unspecified atom stereocenters. The first-order chi connectivity index (χ1) is 9.90. The number of carbonyl (C=O) groups excluding carboxylic acids is 1. The van der Waals surface area contributed by atoms with Crippen LogP contribution in [0.4, 0.5) is 14.5 Å². The first-order valence-corrected chi connectivity index (χ1v) is 6.57. The molecule has 0 aliphatic heterocycles. The molecular weight excluding hydrogens is 298 g/mol. The van der Waals surface area contributed by atoms with Gasteiger partial charge in [0.1, 0.15) is 17.3 Å². The predicted molar refractivity (Wildman–Crippen MR) is 78.1 cm³/mol. The first kappa shape index (κ1) is 15.3. The summed E-state index contributed by atoms with van der Waals surface area (Å²) in [4.78, 5) is 12.0. The number of anilines is 1. The van der Waals surface area contributed by atoms with Crippen molar-refractivity contribution in [3.05, 3.63) is 64.2 Å². The zero-order valence-electron chi connectivity index (χ0n) is 11.2. The van der Waals surface area contributed by atoms with Gasteiger partial charge in [0, 0.05) is 10.6 Å². The Kier molecular flexibility index (Phi) is 4.43. The van der Waals surface area contributed by atoms with Gasteiger partial charge in [-0.2, -0.15) is 0 Å². The zero-order chi connectivity index (χ0) is 15.6. The smallest absolute Gasteiger partial charge is 0.251 e. The third-order valence-corrected chi connectivity index (χ3v) is 3.40. The molecule has 0 heterocycles. The molecule has 2 aromatic rings. The Bertz CT molecular complexity index is 668. The maximum Gasteiger partial charge on any atom is 0.251 e. The van der Waals surface area contributed by atoms with Crippen molar-refractivity contribution in [2.45, 2.75) is 13.0 Å². The summed E-state index contributed by atoms with van der Waals surface area (Å²) in [5, 5.41) is 3.13. The summed E-state index contributed by atoms with van der Waals surface area (Å²) in [7, 11) is 0. The van der Waals surface area contributed by atoms with Crippen LogP contribution in [0.5, 0.6) is 0 Å². The molecule has 3 N–H and O–H groups in total. The highest BCUT2D eigenvalue weighted by molar-refractivity contribution is 6.31. The van der Waals surface area contributed by atoms with Crippen molar-refractivity contribution in [3.8, 4) is 0 Å². The summed E-state index contributed by atoms with van der Waals surface area (Å²) in [6, 6.07) is 8.40. The van der Waals surface area contributed by atoms with E-state index in [4.69, 9.17) is 17.3 Å². The molecule has 2 rings (SSSR count). The van der Waals surface area contributed by atoms with E-state index in [1.165, 1.54) is 0 Å². The number of benzene rings is 2. The van der Waals surface area contributed by atoms with Gasteiger partial charge in [0.25, 0.3) is 5.91 Å². The summed E-state index contributed by atoms with van der Waals surface area (Å²) in [5.41, 5.74) is 5.13. The number of nitrogens with two attached hydrogens (primary N) is 1.